The van der Waals surface area contributed by atoms with Crippen molar-refractivity contribution < 1.29 is 0 Å². The molecule has 1 aromatic carbocycles. The molecule has 0 radical (unpaired) electrons. The van der Waals surface area contributed by atoms with Gasteiger partial charge in [0.25, 0.3) is 5.56 Å². The average molecular weight is 375 g/mol. The number of nitrogens with zero attached hydrogens (tertiary/aromatic N) is 3. The van der Waals surface area contributed by atoms with Crippen molar-refractivity contribution >= 4 is 17.3 Å². The lowest BCUT2D eigenvalue weighted by atomic mass is 10.0. The minimum Gasteiger partial charge on any atom is -0.381 e. The Morgan fingerprint density at radius 2 is 1.88 bits per heavy atom. The zero-order chi connectivity index (χ0) is 18.5. The molecule has 1 aromatic heterocycles. The Labute approximate surface area is 160 Å². The van der Waals surface area contributed by atoms with Crippen molar-refractivity contribution in [1.82, 2.24) is 14.7 Å². The summed E-state index contributed by atoms with van der Waals surface area (Å²) in [6.45, 7) is 7.58. The van der Waals surface area contributed by atoms with Gasteiger partial charge in [-0.3, -0.25) is 9.69 Å². The van der Waals surface area contributed by atoms with Crippen LogP contribution in [-0.4, -0.2) is 40.4 Å². The summed E-state index contributed by atoms with van der Waals surface area (Å²) in [7, 11) is 0. The molecule has 2 aromatic rings. The Bertz CT molecular complexity index is 769. The van der Waals surface area contributed by atoms with E-state index in [1.165, 1.54) is 17.5 Å². The number of anilines is 1. The van der Waals surface area contributed by atoms with Crippen LogP contribution in [0.4, 0.5) is 5.69 Å². The highest BCUT2D eigenvalue weighted by Gasteiger charge is 2.23. The summed E-state index contributed by atoms with van der Waals surface area (Å²) < 4.78 is 1.33. The van der Waals surface area contributed by atoms with Crippen LogP contribution in [0.25, 0.3) is 5.69 Å². The number of likely N-dealkylation sites (tertiary alicyclic amines) is 1. The summed E-state index contributed by atoms with van der Waals surface area (Å²) in [6.07, 6.45) is 5.31. The molecule has 0 spiro atoms. The molecular weight excluding hydrogens is 348 g/mol. The first-order valence-electron chi connectivity index (χ1n) is 9.37. The van der Waals surface area contributed by atoms with E-state index >= 15 is 0 Å². The van der Waals surface area contributed by atoms with Crippen LogP contribution >= 0.6 is 11.6 Å². The van der Waals surface area contributed by atoms with Gasteiger partial charge in [-0.2, -0.15) is 9.78 Å². The van der Waals surface area contributed by atoms with E-state index in [0.717, 1.165) is 26.1 Å². The maximum atomic E-state index is 12.6. The summed E-state index contributed by atoms with van der Waals surface area (Å²) in [5.74, 6) is 0.627. The molecule has 1 saturated heterocycles. The molecule has 1 unspecified atom stereocenters. The van der Waals surface area contributed by atoms with Crippen LogP contribution in [0.15, 0.2) is 41.3 Å². The number of nitrogens with one attached hydrogen (secondary N) is 1. The summed E-state index contributed by atoms with van der Waals surface area (Å²) in [6, 6.07) is 9.77. The molecule has 5 nitrogen and oxygen atoms in total. The zero-order valence-corrected chi connectivity index (χ0v) is 16.2. The fourth-order valence-electron chi connectivity index (χ4n) is 3.55. The number of benzene rings is 1. The van der Waals surface area contributed by atoms with Crippen LogP contribution < -0.4 is 10.9 Å². The van der Waals surface area contributed by atoms with Gasteiger partial charge in [0.15, 0.2) is 0 Å². The molecule has 1 atom stereocenters. The standard InChI is InChI=1S/C20H27ClN4O/c1-15(2)12-17(24-10-6-7-11-24)13-22-18-14-23-25(20(26)19(18)21)16-8-4-3-5-9-16/h3-5,8-9,14-15,17,22H,6-7,10-13H2,1-2H3. The summed E-state index contributed by atoms with van der Waals surface area (Å²) in [5.41, 5.74) is 1.02. The third kappa shape index (κ3) is 4.46. The summed E-state index contributed by atoms with van der Waals surface area (Å²) >= 11 is 6.35. The van der Waals surface area contributed by atoms with Gasteiger partial charge in [0.2, 0.25) is 0 Å². The fourth-order valence-corrected chi connectivity index (χ4v) is 3.74. The predicted octanol–water partition coefficient (Wildman–Crippen LogP) is 3.81. The highest BCUT2D eigenvalue weighted by molar-refractivity contribution is 6.32. The van der Waals surface area contributed by atoms with Crippen LogP contribution in [-0.2, 0) is 0 Å². The van der Waals surface area contributed by atoms with Gasteiger partial charge in [0, 0.05) is 12.6 Å². The molecule has 140 valence electrons. The molecule has 6 heteroatoms. The highest BCUT2D eigenvalue weighted by atomic mass is 35.5. The third-order valence-electron chi connectivity index (χ3n) is 4.85. The molecule has 0 amide bonds. The van der Waals surface area contributed by atoms with E-state index in [9.17, 15) is 4.79 Å². The molecule has 1 aliphatic rings. The first kappa shape index (κ1) is 18.9. The van der Waals surface area contributed by atoms with Crippen molar-refractivity contribution in [3.05, 3.63) is 51.9 Å². The lowest BCUT2D eigenvalue weighted by Gasteiger charge is -2.29. The minimum atomic E-state index is -0.301. The molecule has 2 heterocycles. The molecule has 1 N–H and O–H groups in total. The smallest absolute Gasteiger partial charge is 0.292 e. The Balaban J connectivity index is 1.75. The van der Waals surface area contributed by atoms with Gasteiger partial charge >= 0.3 is 0 Å². The number of aromatic nitrogens is 2. The molecule has 3 rings (SSSR count). The lowest BCUT2D eigenvalue weighted by molar-refractivity contribution is 0.222. The summed E-state index contributed by atoms with van der Waals surface area (Å²) in [5, 5.41) is 7.84. The van der Waals surface area contributed by atoms with Crippen molar-refractivity contribution in [3.63, 3.8) is 0 Å². The monoisotopic (exact) mass is 374 g/mol. The molecule has 1 aliphatic heterocycles. The lowest BCUT2D eigenvalue weighted by Crippen LogP contribution is -2.39. The van der Waals surface area contributed by atoms with Crippen molar-refractivity contribution in [1.29, 1.82) is 0 Å². The Hall–Kier alpha value is -1.85. The van der Waals surface area contributed by atoms with Crippen LogP contribution in [0, 0.1) is 5.92 Å². The van der Waals surface area contributed by atoms with E-state index in [-0.39, 0.29) is 10.6 Å². The van der Waals surface area contributed by atoms with E-state index in [4.69, 9.17) is 11.6 Å². The number of para-hydroxylation sites is 1. The van der Waals surface area contributed by atoms with Gasteiger partial charge in [-0.05, 0) is 50.4 Å². The molecular formula is C20H27ClN4O. The second kappa shape index (κ2) is 8.69. The van der Waals surface area contributed by atoms with E-state index in [2.05, 4.69) is 29.2 Å². The van der Waals surface area contributed by atoms with Crippen LogP contribution in [0.2, 0.25) is 5.02 Å². The van der Waals surface area contributed by atoms with Crippen LogP contribution in [0.5, 0.6) is 0 Å². The minimum absolute atomic E-state index is 0.188. The van der Waals surface area contributed by atoms with E-state index in [1.54, 1.807) is 6.20 Å². The van der Waals surface area contributed by atoms with Gasteiger partial charge < -0.3 is 5.32 Å². The molecule has 26 heavy (non-hydrogen) atoms. The first-order chi connectivity index (χ1) is 12.6. The number of rotatable bonds is 7. The maximum absolute atomic E-state index is 12.6. The van der Waals surface area contributed by atoms with Crippen LogP contribution in [0.1, 0.15) is 33.1 Å². The van der Waals surface area contributed by atoms with Gasteiger partial charge in [-0.15, -0.1) is 0 Å². The normalized spacial score (nSPS) is 16.2. The van der Waals surface area contributed by atoms with E-state index < -0.39 is 0 Å². The maximum Gasteiger partial charge on any atom is 0.292 e. The van der Waals surface area contributed by atoms with Crippen molar-refractivity contribution in [2.45, 2.75) is 39.2 Å². The fraction of sp³-hybridized carbons (Fsp3) is 0.500. The van der Waals surface area contributed by atoms with Gasteiger partial charge in [-0.25, -0.2) is 0 Å². The largest absolute Gasteiger partial charge is 0.381 e. The van der Waals surface area contributed by atoms with Gasteiger partial charge in [0.1, 0.15) is 5.02 Å². The number of hydrogen-bond donors (Lipinski definition) is 1. The number of hydrogen-bond acceptors (Lipinski definition) is 4. The topological polar surface area (TPSA) is 50.2 Å². The van der Waals surface area contributed by atoms with E-state index in [0.29, 0.717) is 23.3 Å². The second-order valence-electron chi connectivity index (χ2n) is 7.33. The third-order valence-corrected chi connectivity index (χ3v) is 5.21. The average Bonchev–Trinajstić information content (AvgIpc) is 3.17. The van der Waals surface area contributed by atoms with E-state index in [1.807, 2.05) is 30.3 Å². The molecule has 0 aliphatic carbocycles. The Morgan fingerprint density at radius 1 is 1.19 bits per heavy atom. The SMILES string of the molecule is CC(C)CC(CNc1cnn(-c2ccccc2)c(=O)c1Cl)N1CCCC1. The molecule has 1 fully saturated rings. The Kier molecular flexibility index (Phi) is 6.33. The number of halogens is 1. The highest BCUT2D eigenvalue weighted by Crippen LogP contribution is 2.21. The molecule has 0 saturated carbocycles. The van der Waals surface area contributed by atoms with Crippen molar-refractivity contribution in [3.8, 4) is 5.69 Å². The first-order valence-corrected chi connectivity index (χ1v) is 9.75. The van der Waals surface area contributed by atoms with Gasteiger partial charge in [-0.1, -0.05) is 43.6 Å². The predicted molar refractivity (Wildman–Crippen MR) is 107 cm³/mol. The van der Waals surface area contributed by atoms with Crippen molar-refractivity contribution in [2.75, 3.05) is 25.0 Å². The van der Waals surface area contributed by atoms with Crippen LogP contribution in [0.3, 0.4) is 0 Å². The quantitative estimate of drug-likeness (QED) is 0.800. The van der Waals surface area contributed by atoms with Gasteiger partial charge in [0.05, 0.1) is 17.6 Å². The second-order valence-corrected chi connectivity index (χ2v) is 7.71. The molecule has 0 bridgehead atoms. The van der Waals surface area contributed by atoms with Crippen molar-refractivity contribution in [2.24, 2.45) is 5.92 Å². The zero-order valence-electron chi connectivity index (χ0n) is 15.5. The Morgan fingerprint density at radius 3 is 2.54 bits per heavy atom. The summed E-state index contributed by atoms with van der Waals surface area (Å²) in [4.78, 5) is 15.1.